The lowest BCUT2D eigenvalue weighted by Gasteiger charge is -2.21. The van der Waals surface area contributed by atoms with Crippen molar-refractivity contribution in [1.82, 2.24) is 9.62 Å². The van der Waals surface area contributed by atoms with Gasteiger partial charge in [-0.15, -0.1) is 0 Å². The van der Waals surface area contributed by atoms with Gasteiger partial charge in [-0.25, -0.2) is 8.42 Å². The fraction of sp³-hybridized carbons (Fsp3) is 0.688. The van der Waals surface area contributed by atoms with Gasteiger partial charge in [0.05, 0.1) is 0 Å². The van der Waals surface area contributed by atoms with Gasteiger partial charge in [0.25, 0.3) is 15.9 Å². The average molecular weight is 340 g/mol. The van der Waals surface area contributed by atoms with E-state index >= 15 is 0 Å². The number of nitrogens with one attached hydrogen (secondary N) is 1. The average Bonchev–Trinajstić information content (AvgIpc) is 3.25. The van der Waals surface area contributed by atoms with Gasteiger partial charge >= 0.3 is 0 Å². The van der Waals surface area contributed by atoms with Crippen molar-refractivity contribution < 1.29 is 17.6 Å². The minimum Gasteiger partial charge on any atom is -0.438 e. The minimum absolute atomic E-state index is 0.0681. The van der Waals surface area contributed by atoms with E-state index in [4.69, 9.17) is 4.42 Å². The van der Waals surface area contributed by atoms with E-state index in [0.717, 1.165) is 25.7 Å². The number of sulfonamides is 1. The number of rotatable bonds is 5. The summed E-state index contributed by atoms with van der Waals surface area (Å²) in [6.07, 6.45) is 7.75. The Labute approximate surface area is 137 Å². The molecule has 0 bridgehead atoms. The van der Waals surface area contributed by atoms with E-state index in [1.165, 1.54) is 35.7 Å². The van der Waals surface area contributed by atoms with Gasteiger partial charge in [0.15, 0.2) is 5.76 Å². The van der Waals surface area contributed by atoms with Crippen molar-refractivity contribution in [3.05, 3.63) is 17.9 Å². The topological polar surface area (TPSA) is 79.6 Å². The molecule has 0 aromatic carbocycles. The van der Waals surface area contributed by atoms with Crippen LogP contribution in [0, 0.1) is 5.92 Å². The van der Waals surface area contributed by atoms with Crippen molar-refractivity contribution in [3.8, 4) is 0 Å². The Morgan fingerprint density at radius 2 is 1.83 bits per heavy atom. The van der Waals surface area contributed by atoms with Crippen LogP contribution in [0.4, 0.5) is 0 Å². The molecule has 2 fully saturated rings. The summed E-state index contributed by atoms with van der Waals surface area (Å²) in [6, 6.07) is 2.82. The van der Waals surface area contributed by atoms with Crippen molar-refractivity contribution in [2.45, 2.75) is 50.0 Å². The van der Waals surface area contributed by atoms with Crippen LogP contribution in [0.2, 0.25) is 0 Å². The Balaban J connectivity index is 1.60. The van der Waals surface area contributed by atoms with Crippen LogP contribution in [0.5, 0.6) is 0 Å². The third-order valence-electron chi connectivity index (χ3n) is 4.74. The number of furan rings is 1. The summed E-state index contributed by atoms with van der Waals surface area (Å²) in [6.45, 7) is 1.67. The maximum absolute atomic E-state index is 12.4. The SMILES string of the molecule is O=C(NCC1CCCCC1)c1ccc(S(=O)(=O)N2CCCC2)o1. The zero-order valence-electron chi connectivity index (χ0n) is 13.3. The van der Waals surface area contributed by atoms with Crippen molar-refractivity contribution in [1.29, 1.82) is 0 Å². The molecule has 1 saturated heterocycles. The number of amides is 1. The summed E-state index contributed by atoms with van der Waals surface area (Å²) in [5.74, 6) is 0.257. The molecule has 1 aliphatic carbocycles. The summed E-state index contributed by atoms with van der Waals surface area (Å²) in [7, 11) is -3.60. The van der Waals surface area contributed by atoms with Crippen LogP contribution in [-0.2, 0) is 10.0 Å². The molecular formula is C16H24N2O4S. The molecule has 1 aromatic rings. The second-order valence-electron chi connectivity index (χ2n) is 6.44. The highest BCUT2D eigenvalue weighted by atomic mass is 32.2. The van der Waals surface area contributed by atoms with Crippen LogP contribution >= 0.6 is 0 Å². The van der Waals surface area contributed by atoms with Crippen molar-refractivity contribution >= 4 is 15.9 Å². The van der Waals surface area contributed by atoms with Gasteiger partial charge in [0.1, 0.15) is 0 Å². The van der Waals surface area contributed by atoms with Gasteiger partial charge in [-0.2, -0.15) is 4.31 Å². The molecule has 1 aromatic heterocycles. The molecule has 1 saturated carbocycles. The lowest BCUT2D eigenvalue weighted by molar-refractivity contribution is 0.0910. The molecule has 23 heavy (non-hydrogen) atoms. The lowest BCUT2D eigenvalue weighted by Crippen LogP contribution is -2.30. The Morgan fingerprint density at radius 3 is 2.52 bits per heavy atom. The molecule has 0 unspecified atom stereocenters. The Kier molecular flexibility index (Phi) is 5.06. The van der Waals surface area contributed by atoms with E-state index in [9.17, 15) is 13.2 Å². The summed E-state index contributed by atoms with van der Waals surface area (Å²) in [5, 5.41) is 2.73. The van der Waals surface area contributed by atoms with E-state index in [-0.39, 0.29) is 16.8 Å². The van der Waals surface area contributed by atoms with Gasteiger partial charge in [-0.05, 0) is 43.7 Å². The first-order valence-corrected chi connectivity index (χ1v) is 9.89. The van der Waals surface area contributed by atoms with Crippen LogP contribution in [0.1, 0.15) is 55.5 Å². The van der Waals surface area contributed by atoms with Crippen LogP contribution in [0.3, 0.4) is 0 Å². The number of nitrogens with zero attached hydrogens (tertiary/aromatic N) is 1. The highest BCUT2D eigenvalue weighted by Gasteiger charge is 2.30. The second-order valence-corrected chi connectivity index (χ2v) is 8.31. The third-order valence-corrected chi connectivity index (χ3v) is 6.51. The zero-order chi connectivity index (χ0) is 16.3. The van der Waals surface area contributed by atoms with E-state index in [0.29, 0.717) is 25.6 Å². The van der Waals surface area contributed by atoms with Crippen LogP contribution < -0.4 is 5.32 Å². The van der Waals surface area contributed by atoms with Crippen LogP contribution in [-0.4, -0.2) is 38.3 Å². The predicted octanol–water partition coefficient (Wildman–Crippen LogP) is 2.37. The highest BCUT2D eigenvalue weighted by Crippen LogP contribution is 2.24. The Morgan fingerprint density at radius 1 is 1.13 bits per heavy atom. The first-order chi connectivity index (χ1) is 11.1. The molecule has 2 heterocycles. The second kappa shape index (κ2) is 7.05. The molecule has 0 spiro atoms. The van der Waals surface area contributed by atoms with Crippen molar-refractivity contribution in [2.75, 3.05) is 19.6 Å². The lowest BCUT2D eigenvalue weighted by atomic mass is 9.89. The molecular weight excluding hydrogens is 316 g/mol. The molecule has 128 valence electrons. The normalized spacial score (nSPS) is 20.7. The molecule has 0 atom stereocenters. The molecule has 6 nitrogen and oxygen atoms in total. The third kappa shape index (κ3) is 3.77. The van der Waals surface area contributed by atoms with E-state index < -0.39 is 10.0 Å². The number of carbonyl (C=O) groups is 1. The van der Waals surface area contributed by atoms with Gasteiger partial charge in [0, 0.05) is 19.6 Å². The van der Waals surface area contributed by atoms with Gasteiger partial charge < -0.3 is 9.73 Å². The van der Waals surface area contributed by atoms with Gasteiger partial charge in [-0.1, -0.05) is 19.3 Å². The van der Waals surface area contributed by atoms with E-state index in [1.54, 1.807) is 0 Å². The fourth-order valence-corrected chi connectivity index (χ4v) is 4.78. The Bertz CT molecular complexity index is 641. The first kappa shape index (κ1) is 16.5. The smallest absolute Gasteiger partial charge is 0.287 e. The molecule has 0 radical (unpaired) electrons. The maximum atomic E-state index is 12.4. The van der Waals surface area contributed by atoms with Gasteiger partial charge in [-0.3, -0.25) is 4.79 Å². The summed E-state index contributed by atoms with van der Waals surface area (Å²) in [4.78, 5) is 12.1. The van der Waals surface area contributed by atoms with Crippen molar-refractivity contribution in [3.63, 3.8) is 0 Å². The quantitative estimate of drug-likeness (QED) is 0.892. The van der Waals surface area contributed by atoms with Crippen LogP contribution in [0.15, 0.2) is 21.6 Å². The molecule has 1 amide bonds. The molecule has 1 N–H and O–H groups in total. The summed E-state index contributed by atoms with van der Waals surface area (Å²) < 4.78 is 31.5. The van der Waals surface area contributed by atoms with Gasteiger partial charge in [0.2, 0.25) is 5.09 Å². The Hall–Kier alpha value is -1.34. The minimum atomic E-state index is -3.60. The fourth-order valence-electron chi connectivity index (χ4n) is 3.35. The summed E-state index contributed by atoms with van der Waals surface area (Å²) in [5.41, 5.74) is 0. The van der Waals surface area contributed by atoms with Crippen LogP contribution in [0.25, 0.3) is 0 Å². The first-order valence-electron chi connectivity index (χ1n) is 8.45. The maximum Gasteiger partial charge on any atom is 0.287 e. The highest BCUT2D eigenvalue weighted by molar-refractivity contribution is 7.89. The number of hydrogen-bond donors (Lipinski definition) is 1. The largest absolute Gasteiger partial charge is 0.438 e. The summed E-state index contributed by atoms with van der Waals surface area (Å²) >= 11 is 0. The molecule has 2 aliphatic rings. The van der Waals surface area contributed by atoms with E-state index in [2.05, 4.69) is 5.32 Å². The van der Waals surface area contributed by atoms with Crippen molar-refractivity contribution in [2.24, 2.45) is 5.92 Å². The molecule has 1 aliphatic heterocycles. The zero-order valence-corrected chi connectivity index (χ0v) is 14.1. The van der Waals surface area contributed by atoms with E-state index in [1.807, 2.05) is 0 Å². The predicted molar refractivity (Wildman–Crippen MR) is 85.6 cm³/mol. The molecule has 7 heteroatoms. The standard InChI is InChI=1S/C16H24N2O4S/c19-16(17-12-13-6-2-1-3-7-13)14-8-9-15(22-14)23(20,21)18-10-4-5-11-18/h8-9,13H,1-7,10-12H2,(H,17,19). The molecule has 3 rings (SSSR count). The number of hydrogen-bond acceptors (Lipinski definition) is 4. The monoisotopic (exact) mass is 340 g/mol. The number of carbonyl (C=O) groups excluding carboxylic acids is 1.